The Morgan fingerprint density at radius 3 is 2.96 bits per heavy atom. The molecule has 1 aromatic carbocycles. The van der Waals surface area contributed by atoms with Crippen molar-refractivity contribution in [3.63, 3.8) is 0 Å². The Morgan fingerprint density at radius 2 is 2.17 bits per heavy atom. The van der Waals surface area contributed by atoms with Crippen LogP contribution in [0.1, 0.15) is 30.7 Å². The zero-order valence-corrected chi connectivity index (χ0v) is 14.0. The smallest absolute Gasteiger partial charge is 0.370 e. The van der Waals surface area contributed by atoms with Crippen molar-refractivity contribution in [1.29, 1.82) is 0 Å². The Bertz CT molecular complexity index is 736. The monoisotopic (exact) mass is 348 g/mol. The SMILES string of the molecule is O=C(O)C1=C[C@H](c2csc3ccccc23)C[C@H](OCCCCO)O1. The van der Waals surface area contributed by atoms with Crippen molar-refractivity contribution in [2.24, 2.45) is 0 Å². The molecule has 24 heavy (non-hydrogen) atoms. The molecule has 0 saturated carbocycles. The zero-order valence-electron chi connectivity index (χ0n) is 13.2. The lowest BCUT2D eigenvalue weighted by Crippen LogP contribution is -2.27. The minimum atomic E-state index is -1.08. The molecule has 2 N–H and O–H groups in total. The largest absolute Gasteiger partial charge is 0.475 e. The molecule has 0 radical (unpaired) electrons. The summed E-state index contributed by atoms with van der Waals surface area (Å²) in [6.45, 7) is 0.563. The van der Waals surface area contributed by atoms with Crippen LogP contribution in [0.2, 0.25) is 0 Å². The Labute approximate surface area is 144 Å². The Balaban J connectivity index is 1.80. The fraction of sp³-hybridized carbons (Fsp3) is 0.389. The summed E-state index contributed by atoms with van der Waals surface area (Å²) in [5.41, 5.74) is 1.11. The number of unbranched alkanes of at least 4 members (excludes halogenated alkanes) is 1. The van der Waals surface area contributed by atoms with Gasteiger partial charge < -0.3 is 19.7 Å². The summed E-state index contributed by atoms with van der Waals surface area (Å²) < 4.78 is 12.3. The number of fused-ring (bicyclic) bond motifs is 1. The van der Waals surface area contributed by atoms with Crippen LogP contribution in [0.3, 0.4) is 0 Å². The first-order valence-electron chi connectivity index (χ1n) is 7.99. The minimum absolute atomic E-state index is 0.0520. The van der Waals surface area contributed by atoms with Crippen molar-refractivity contribution in [3.05, 3.63) is 47.0 Å². The number of carboxylic acids is 1. The van der Waals surface area contributed by atoms with Crippen LogP contribution in [0, 0.1) is 0 Å². The standard InChI is InChI=1S/C18H20O5S/c19-7-3-4-8-22-17-10-12(9-15(23-17)18(20)21)14-11-24-16-6-2-1-5-13(14)16/h1-2,5-6,9,11-12,17,19H,3-4,7-8,10H2,(H,20,21)/t12-,17+/m0/s1. The number of aliphatic carboxylic acids is 1. The number of carbonyl (C=O) groups is 1. The van der Waals surface area contributed by atoms with Gasteiger partial charge in [0.2, 0.25) is 12.0 Å². The Morgan fingerprint density at radius 1 is 1.33 bits per heavy atom. The highest BCUT2D eigenvalue weighted by molar-refractivity contribution is 7.17. The third kappa shape index (κ3) is 3.77. The molecule has 5 nitrogen and oxygen atoms in total. The van der Waals surface area contributed by atoms with E-state index in [9.17, 15) is 9.90 Å². The average Bonchev–Trinajstić information content (AvgIpc) is 3.02. The van der Waals surface area contributed by atoms with Crippen molar-refractivity contribution in [1.82, 2.24) is 0 Å². The van der Waals surface area contributed by atoms with E-state index in [1.165, 1.54) is 4.70 Å². The zero-order chi connectivity index (χ0) is 16.9. The van der Waals surface area contributed by atoms with Crippen LogP contribution in [-0.4, -0.2) is 35.7 Å². The van der Waals surface area contributed by atoms with Crippen LogP contribution in [0.5, 0.6) is 0 Å². The van der Waals surface area contributed by atoms with E-state index in [1.807, 2.05) is 12.1 Å². The molecule has 0 amide bonds. The number of hydrogen-bond donors (Lipinski definition) is 2. The second-order valence-corrected chi connectivity index (χ2v) is 6.63. The second-order valence-electron chi connectivity index (χ2n) is 5.71. The minimum Gasteiger partial charge on any atom is -0.475 e. The third-order valence-electron chi connectivity index (χ3n) is 4.03. The summed E-state index contributed by atoms with van der Waals surface area (Å²) in [6, 6.07) is 8.11. The van der Waals surface area contributed by atoms with Gasteiger partial charge in [-0.2, -0.15) is 0 Å². The third-order valence-corrected chi connectivity index (χ3v) is 5.02. The summed E-state index contributed by atoms with van der Waals surface area (Å²) in [4.78, 5) is 11.4. The van der Waals surface area contributed by atoms with Crippen LogP contribution in [0.15, 0.2) is 41.5 Å². The van der Waals surface area contributed by atoms with Gasteiger partial charge in [0.1, 0.15) is 0 Å². The summed E-state index contributed by atoms with van der Waals surface area (Å²) in [5.74, 6) is -1.19. The van der Waals surface area contributed by atoms with Crippen LogP contribution in [-0.2, 0) is 14.3 Å². The van der Waals surface area contributed by atoms with Gasteiger partial charge in [-0.25, -0.2) is 4.79 Å². The lowest BCUT2D eigenvalue weighted by molar-refractivity contribution is -0.157. The molecule has 0 aliphatic carbocycles. The molecule has 2 aromatic rings. The molecular weight excluding hydrogens is 328 g/mol. The van der Waals surface area contributed by atoms with Gasteiger partial charge in [0, 0.05) is 23.6 Å². The Kier molecular flexibility index (Phi) is 5.50. The molecule has 2 atom stereocenters. The van der Waals surface area contributed by atoms with Crippen molar-refractivity contribution in [2.45, 2.75) is 31.5 Å². The fourth-order valence-corrected chi connectivity index (χ4v) is 3.87. The van der Waals surface area contributed by atoms with Gasteiger partial charge in [-0.3, -0.25) is 0 Å². The normalized spacial score (nSPS) is 20.6. The van der Waals surface area contributed by atoms with Crippen molar-refractivity contribution in [3.8, 4) is 0 Å². The summed E-state index contributed by atoms with van der Waals surface area (Å²) in [6.07, 6.45) is 3.05. The highest BCUT2D eigenvalue weighted by Gasteiger charge is 2.29. The number of thiophene rings is 1. The molecule has 1 aromatic heterocycles. The molecule has 3 rings (SSSR count). The van der Waals surface area contributed by atoms with E-state index in [-0.39, 0.29) is 18.3 Å². The number of carboxylic acid groups (broad SMARTS) is 1. The van der Waals surface area contributed by atoms with Crippen LogP contribution in [0.25, 0.3) is 10.1 Å². The number of allylic oxidation sites excluding steroid dienone is 1. The van der Waals surface area contributed by atoms with Gasteiger partial charge in [-0.1, -0.05) is 18.2 Å². The number of hydrogen-bond acceptors (Lipinski definition) is 5. The first-order chi connectivity index (χ1) is 11.7. The van der Waals surface area contributed by atoms with Gasteiger partial charge in [0.05, 0.1) is 6.61 Å². The molecule has 6 heteroatoms. The first kappa shape index (κ1) is 17.0. The highest BCUT2D eigenvalue weighted by Crippen LogP contribution is 2.38. The average molecular weight is 348 g/mol. The van der Waals surface area contributed by atoms with E-state index >= 15 is 0 Å². The van der Waals surface area contributed by atoms with Crippen molar-refractivity contribution >= 4 is 27.4 Å². The number of ether oxygens (including phenoxy) is 2. The molecular formula is C18H20O5S. The molecule has 0 spiro atoms. The molecule has 0 bridgehead atoms. The van der Waals surface area contributed by atoms with E-state index in [1.54, 1.807) is 17.4 Å². The first-order valence-corrected chi connectivity index (χ1v) is 8.87. The maximum atomic E-state index is 11.4. The maximum Gasteiger partial charge on any atom is 0.370 e. The summed E-state index contributed by atoms with van der Waals surface area (Å²) in [7, 11) is 0. The quantitative estimate of drug-likeness (QED) is 0.749. The number of aliphatic hydroxyl groups excluding tert-OH is 1. The predicted molar refractivity (Wildman–Crippen MR) is 92.0 cm³/mol. The van der Waals surface area contributed by atoms with Crippen LogP contribution < -0.4 is 0 Å². The van der Waals surface area contributed by atoms with Gasteiger partial charge in [0.25, 0.3) is 0 Å². The molecule has 2 heterocycles. The van der Waals surface area contributed by atoms with E-state index in [0.29, 0.717) is 25.9 Å². The topological polar surface area (TPSA) is 76.0 Å². The van der Waals surface area contributed by atoms with E-state index in [4.69, 9.17) is 14.6 Å². The van der Waals surface area contributed by atoms with Gasteiger partial charge in [-0.05, 0) is 41.3 Å². The van der Waals surface area contributed by atoms with Crippen LogP contribution in [0.4, 0.5) is 0 Å². The maximum absolute atomic E-state index is 11.4. The van der Waals surface area contributed by atoms with E-state index < -0.39 is 12.3 Å². The molecule has 1 aliphatic rings. The molecule has 128 valence electrons. The lowest BCUT2D eigenvalue weighted by atomic mass is 9.92. The van der Waals surface area contributed by atoms with E-state index in [0.717, 1.165) is 10.9 Å². The fourth-order valence-electron chi connectivity index (χ4n) is 2.84. The van der Waals surface area contributed by atoms with Gasteiger partial charge in [-0.15, -0.1) is 11.3 Å². The summed E-state index contributed by atoms with van der Waals surface area (Å²) in [5, 5.41) is 21.4. The number of benzene rings is 1. The van der Waals surface area contributed by atoms with Crippen molar-refractivity contribution < 1.29 is 24.5 Å². The van der Waals surface area contributed by atoms with Gasteiger partial charge >= 0.3 is 5.97 Å². The molecule has 1 aliphatic heterocycles. The number of aliphatic hydroxyl groups is 1. The van der Waals surface area contributed by atoms with Crippen LogP contribution >= 0.6 is 11.3 Å². The molecule has 0 unspecified atom stereocenters. The lowest BCUT2D eigenvalue weighted by Gasteiger charge is -2.28. The highest BCUT2D eigenvalue weighted by atomic mass is 32.1. The molecule has 0 saturated heterocycles. The predicted octanol–water partition coefficient (Wildman–Crippen LogP) is 3.49. The van der Waals surface area contributed by atoms with Gasteiger partial charge in [0.15, 0.2) is 0 Å². The van der Waals surface area contributed by atoms with E-state index in [2.05, 4.69) is 17.5 Å². The Hall–Kier alpha value is -1.89. The number of rotatable bonds is 7. The summed E-state index contributed by atoms with van der Waals surface area (Å²) >= 11 is 1.66. The van der Waals surface area contributed by atoms with Crippen molar-refractivity contribution in [2.75, 3.05) is 13.2 Å². The second kappa shape index (κ2) is 7.79. The molecule has 0 fully saturated rings.